The van der Waals surface area contributed by atoms with Crippen LogP contribution in [0.2, 0.25) is 0 Å². The minimum Gasteiger partial charge on any atom is -0.462 e. The number of fused-ring (bicyclic) bond motifs is 1. The molecule has 1 aromatic heterocycles. The molecule has 162 valence electrons. The number of nitrogens with one attached hydrogen (secondary N) is 1. The van der Waals surface area contributed by atoms with Gasteiger partial charge in [-0.15, -0.1) is 11.3 Å². The molecule has 1 aliphatic carbocycles. The van der Waals surface area contributed by atoms with Crippen LogP contribution < -0.4 is 5.32 Å². The van der Waals surface area contributed by atoms with Crippen LogP contribution in [0.25, 0.3) is 0 Å². The maximum absolute atomic E-state index is 12.4. The molecule has 7 nitrogen and oxygen atoms in total. The standard InChI is InChI=1S/C18H22F3NO6S/c1-3-27-17(25)15-11-5-4-10(2)6-12(11)29-16(15)22-13(23)7-28-14(24)8-26-9-18(19,20)21/h10H,3-9H2,1-2H3,(H,22,23)/t10-/m0/s1. The fourth-order valence-electron chi connectivity index (χ4n) is 2.86. The fourth-order valence-corrected chi connectivity index (χ4v) is 4.27. The highest BCUT2D eigenvalue weighted by Gasteiger charge is 2.30. The van der Waals surface area contributed by atoms with Gasteiger partial charge in [-0.1, -0.05) is 6.92 Å². The van der Waals surface area contributed by atoms with Gasteiger partial charge in [0.1, 0.15) is 18.2 Å². The smallest absolute Gasteiger partial charge is 0.411 e. The fraction of sp³-hybridized carbons (Fsp3) is 0.611. The number of anilines is 1. The van der Waals surface area contributed by atoms with E-state index in [1.54, 1.807) is 6.92 Å². The molecule has 0 bridgehead atoms. The van der Waals surface area contributed by atoms with Crippen molar-refractivity contribution in [1.82, 2.24) is 0 Å². The summed E-state index contributed by atoms with van der Waals surface area (Å²) >= 11 is 1.28. The summed E-state index contributed by atoms with van der Waals surface area (Å²) in [4.78, 5) is 36.8. The van der Waals surface area contributed by atoms with Gasteiger partial charge in [-0.25, -0.2) is 9.59 Å². The van der Waals surface area contributed by atoms with Gasteiger partial charge in [-0.2, -0.15) is 13.2 Å². The number of thiophene rings is 1. The molecule has 29 heavy (non-hydrogen) atoms. The molecule has 0 saturated heterocycles. The number of hydrogen-bond acceptors (Lipinski definition) is 7. The maximum atomic E-state index is 12.4. The first kappa shape index (κ1) is 23.1. The molecular formula is C18H22F3NO6S. The third-order valence-corrected chi connectivity index (χ3v) is 5.26. The van der Waals surface area contributed by atoms with E-state index in [1.165, 1.54) is 11.3 Å². The van der Waals surface area contributed by atoms with E-state index in [0.717, 1.165) is 23.3 Å². The quantitative estimate of drug-likeness (QED) is 0.629. The van der Waals surface area contributed by atoms with E-state index in [0.29, 0.717) is 22.9 Å². The van der Waals surface area contributed by atoms with Crippen molar-refractivity contribution in [3.63, 3.8) is 0 Å². The van der Waals surface area contributed by atoms with Gasteiger partial charge in [0.2, 0.25) is 0 Å². The van der Waals surface area contributed by atoms with Crippen molar-refractivity contribution in [2.24, 2.45) is 5.92 Å². The summed E-state index contributed by atoms with van der Waals surface area (Å²) in [5, 5.41) is 2.85. The zero-order chi connectivity index (χ0) is 21.6. The van der Waals surface area contributed by atoms with Crippen molar-refractivity contribution in [2.45, 2.75) is 39.3 Å². The van der Waals surface area contributed by atoms with Gasteiger partial charge in [-0.3, -0.25) is 4.79 Å². The number of esters is 2. The molecule has 1 aromatic rings. The van der Waals surface area contributed by atoms with Crippen LogP contribution in [0, 0.1) is 5.92 Å². The Hall–Kier alpha value is -2.14. The van der Waals surface area contributed by atoms with Gasteiger partial charge < -0.3 is 19.5 Å². The monoisotopic (exact) mass is 437 g/mol. The summed E-state index contributed by atoms with van der Waals surface area (Å²) < 4.78 is 49.8. The summed E-state index contributed by atoms with van der Waals surface area (Å²) in [5.74, 6) is -1.90. The average Bonchev–Trinajstić information content (AvgIpc) is 2.95. The first-order valence-corrected chi connectivity index (χ1v) is 9.84. The van der Waals surface area contributed by atoms with Crippen LogP contribution in [-0.4, -0.2) is 50.4 Å². The van der Waals surface area contributed by atoms with Crippen molar-refractivity contribution in [1.29, 1.82) is 0 Å². The van der Waals surface area contributed by atoms with Gasteiger partial charge >= 0.3 is 18.1 Å². The molecule has 0 fully saturated rings. The summed E-state index contributed by atoms with van der Waals surface area (Å²) in [5.41, 5.74) is 1.17. The van der Waals surface area contributed by atoms with Crippen molar-refractivity contribution < 1.29 is 41.8 Å². The molecule has 0 saturated carbocycles. The van der Waals surface area contributed by atoms with Crippen molar-refractivity contribution in [2.75, 3.05) is 31.7 Å². The lowest BCUT2D eigenvalue weighted by Gasteiger charge is -2.18. The van der Waals surface area contributed by atoms with Crippen molar-refractivity contribution in [3.8, 4) is 0 Å². The first-order valence-electron chi connectivity index (χ1n) is 9.02. The molecule has 11 heteroatoms. The number of amides is 1. The van der Waals surface area contributed by atoms with Crippen LogP contribution in [0.4, 0.5) is 18.2 Å². The number of halogens is 3. The normalized spacial score (nSPS) is 16.1. The van der Waals surface area contributed by atoms with Crippen LogP contribution >= 0.6 is 11.3 Å². The number of ether oxygens (including phenoxy) is 3. The second-order valence-corrected chi connectivity index (χ2v) is 7.70. The van der Waals surface area contributed by atoms with Crippen molar-refractivity contribution >= 4 is 34.2 Å². The lowest BCUT2D eigenvalue weighted by molar-refractivity contribution is -0.181. The van der Waals surface area contributed by atoms with Crippen LogP contribution in [0.15, 0.2) is 0 Å². The first-order chi connectivity index (χ1) is 13.6. The van der Waals surface area contributed by atoms with E-state index in [9.17, 15) is 27.6 Å². The van der Waals surface area contributed by atoms with E-state index in [2.05, 4.69) is 21.7 Å². The highest BCUT2D eigenvalue weighted by Crippen LogP contribution is 2.40. The van der Waals surface area contributed by atoms with Crippen LogP contribution in [-0.2, 0) is 36.6 Å². The predicted octanol–water partition coefficient (Wildman–Crippen LogP) is 3.11. The molecule has 2 rings (SSSR count). The lowest BCUT2D eigenvalue weighted by Crippen LogP contribution is -2.25. The Balaban J connectivity index is 1.97. The maximum Gasteiger partial charge on any atom is 0.411 e. The molecule has 0 unspecified atom stereocenters. The minimum absolute atomic E-state index is 0.183. The zero-order valence-corrected chi connectivity index (χ0v) is 16.8. The summed E-state index contributed by atoms with van der Waals surface area (Å²) in [6.07, 6.45) is -2.16. The molecule has 1 atom stereocenters. The highest BCUT2D eigenvalue weighted by atomic mass is 32.1. The van der Waals surface area contributed by atoms with Gasteiger partial charge in [0.05, 0.1) is 12.2 Å². The van der Waals surface area contributed by atoms with E-state index in [1.807, 2.05) is 0 Å². The molecule has 1 amide bonds. The Morgan fingerprint density at radius 3 is 2.59 bits per heavy atom. The Kier molecular flexibility index (Phi) is 8.03. The molecule has 0 spiro atoms. The van der Waals surface area contributed by atoms with Crippen LogP contribution in [0.5, 0.6) is 0 Å². The topological polar surface area (TPSA) is 90.9 Å². The third-order valence-electron chi connectivity index (χ3n) is 4.09. The molecule has 1 aliphatic rings. The second kappa shape index (κ2) is 10.1. The van der Waals surface area contributed by atoms with Gasteiger partial charge in [-0.05, 0) is 37.7 Å². The Bertz CT molecular complexity index is 762. The molecule has 0 aromatic carbocycles. The zero-order valence-electron chi connectivity index (χ0n) is 16.0. The number of rotatable bonds is 8. The largest absolute Gasteiger partial charge is 0.462 e. The molecular weight excluding hydrogens is 415 g/mol. The number of hydrogen-bond donors (Lipinski definition) is 1. The molecule has 0 aliphatic heterocycles. The summed E-state index contributed by atoms with van der Waals surface area (Å²) in [6, 6.07) is 0. The summed E-state index contributed by atoms with van der Waals surface area (Å²) in [7, 11) is 0. The van der Waals surface area contributed by atoms with E-state index in [-0.39, 0.29) is 6.61 Å². The highest BCUT2D eigenvalue weighted by molar-refractivity contribution is 7.17. The lowest BCUT2D eigenvalue weighted by atomic mass is 9.88. The van der Waals surface area contributed by atoms with Gasteiger partial charge in [0, 0.05) is 4.88 Å². The molecule has 1 heterocycles. The molecule has 0 radical (unpaired) electrons. The average molecular weight is 437 g/mol. The number of carbonyl (C=O) groups excluding carboxylic acids is 3. The predicted molar refractivity (Wildman–Crippen MR) is 97.9 cm³/mol. The molecule has 1 N–H and O–H groups in total. The van der Waals surface area contributed by atoms with Gasteiger partial charge in [0.15, 0.2) is 6.61 Å². The van der Waals surface area contributed by atoms with Crippen LogP contribution in [0.1, 0.15) is 41.1 Å². The Labute approximate surface area is 169 Å². The minimum atomic E-state index is -4.56. The second-order valence-electron chi connectivity index (χ2n) is 6.59. The van der Waals surface area contributed by atoms with Gasteiger partial charge in [0.25, 0.3) is 5.91 Å². The SMILES string of the molecule is CCOC(=O)c1c(NC(=O)COC(=O)COCC(F)(F)F)sc2c1CC[C@H](C)C2. The van der Waals surface area contributed by atoms with E-state index >= 15 is 0 Å². The third kappa shape index (κ3) is 7.00. The number of alkyl halides is 3. The van der Waals surface area contributed by atoms with Crippen molar-refractivity contribution in [3.05, 3.63) is 16.0 Å². The Morgan fingerprint density at radius 1 is 1.21 bits per heavy atom. The van der Waals surface area contributed by atoms with E-state index < -0.39 is 43.8 Å². The summed E-state index contributed by atoms with van der Waals surface area (Å²) in [6.45, 7) is 0.739. The van der Waals surface area contributed by atoms with Crippen LogP contribution in [0.3, 0.4) is 0 Å². The van der Waals surface area contributed by atoms with E-state index in [4.69, 9.17) is 4.74 Å². The number of carbonyl (C=O) groups is 3. The Morgan fingerprint density at radius 2 is 1.93 bits per heavy atom.